The van der Waals surface area contributed by atoms with Crippen molar-refractivity contribution in [3.05, 3.63) is 45.5 Å². The SMILES string of the molecule is COC(=O)C(c1ccc(C#N)cc1)[N+](=O)[O-]. The summed E-state index contributed by atoms with van der Waals surface area (Å²) in [7, 11) is 1.09. The van der Waals surface area contributed by atoms with Gasteiger partial charge in [-0.2, -0.15) is 5.26 Å². The summed E-state index contributed by atoms with van der Waals surface area (Å²) < 4.78 is 4.34. The maximum atomic E-state index is 11.2. The van der Waals surface area contributed by atoms with E-state index >= 15 is 0 Å². The number of carbonyl (C=O) groups excluding carboxylic acids is 1. The summed E-state index contributed by atoms with van der Waals surface area (Å²) in [4.78, 5) is 21.1. The molecule has 0 fully saturated rings. The van der Waals surface area contributed by atoms with Crippen LogP contribution in [0.25, 0.3) is 0 Å². The van der Waals surface area contributed by atoms with Crippen LogP contribution >= 0.6 is 0 Å². The Kier molecular flexibility index (Phi) is 3.56. The molecule has 0 aliphatic carbocycles. The van der Waals surface area contributed by atoms with Gasteiger partial charge in [-0.3, -0.25) is 10.1 Å². The second-order valence-electron chi connectivity index (χ2n) is 2.94. The van der Waals surface area contributed by atoms with Gasteiger partial charge >= 0.3 is 12.0 Å². The zero-order chi connectivity index (χ0) is 12.1. The summed E-state index contributed by atoms with van der Waals surface area (Å²) in [5, 5.41) is 19.3. The van der Waals surface area contributed by atoms with Crippen LogP contribution in [-0.4, -0.2) is 18.0 Å². The number of benzene rings is 1. The molecule has 6 nitrogen and oxygen atoms in total. The van der Waals surface area contributed by atoms with E-state index in [1.165, 1.54) is 24.3 Å². The van der Waals surface area contributed by atoms with E-state index in [0.29, 0.717) is 5.56 Å². The highest BCUT2D eigenvalue weighted by molar-refractivity contribution is 5.76. The highest BCUT2D eigenvalue weighted by Crippen LogP contribution is 2.18. The normalized spacial score (nSPS) is 11.2. The predicted molar refractivity (Wildman–Crippen MR) is 52.9 cm³/mol. The minimum Gasteiger partial charge on any atom is -0.464 e. The van der Waals surface area contributed by atoms with E-state index in [2.05, 4.69) is 4.74 Å². The first-order chi connectivity index (χ1) is 7.60. The molecule has 1 aromatic rings. The fourth-order valence-electron chi connectivity index (χ4n) is 1.20. The average molecular weight is 220 g/mol. The Morgan fingerprint density at radius 1 is 1.50 bits per heavy atom. The van der Waals surface area contributed by atoms with Crippen molar-refractivity contribution in [2.45, 2.75) is 6.04 Å². The number of nitrogens with zero attached hydrogens (tertiary/aromatic N) is 2. The van der Waals surface area contributed by atoms with Crippen molar-refractivity contribution in [2.24, 2.45) is 0 Å². The third-order valence-corrected chi connectivity index (χ3v) is 1.99. The molecule has 1 aromatic carbocycles. The van der Waals surface area contributed by atoms with Gasteiger partial charge in [-0.05, 0) is 12.1 Å². The highest BCUT2D eigenvalue weighted by atomic mass is 16.6. The van der Waals surface area contributed by atoms with Crippen molar-refractivity contribution >= 4 is 5.97 Å². The van der Waals surface area contributed by atoms with E-state index in [1.807, 2.05) is 6.07 Å². The lowest BCUT2D eigenvalue weighted by Crippen LogP contribution is -2.22. The molecule has 0 heterocycles. The predicted octanol–water partition coefficient (Wildman–Crippen LogP) is 1.05. The number of rotatable bonds is 3. The van der Waals surface area contributed by atoms with Crippen LogP contribution in [0.5, 0.6) is 0 Å². The van der Waals surface area contributed by atoms with Crippen LogP contribution in [0.4, 0.5) is 0 Å². The fraction of sp³-hybridized carbons (Fsp3) is 0.200. The van der Waals surface area contributed by atoms with E-state index in [4.69, 9.17) is 5.26 Å². The monoisotopic (exact) mass is 220 g/mol. The molecule has 0 aromatic heterocycles. The summed E-state index contributed by atoms with van der Waals surface area (Å²) in [6, 6.07) is 5.89. The highest BCUT2D eigenvalue weighted by Gasteiger charge is 2.32. The zero-order valence-corrected chi connectivity index (χ0v) is 8.41. The summed E-state index contributed by atoms with van der Waals surface area (Å²) in [6.07, 6.45) is 0. The molecule has 0 saturated carbocycles. The van der Waals surface area contributed by atoms with Gasteiger partial charge in [-0.25, -0.2) is 4.79 Å². The van der Waals surface area contributed by atoms with E-state index in [0.717, 1.165) is 7.11 Å². The molecule has 0 N–H and O–H groups in total. The zero-order valence-electron chi connectivity index (χ0n) is 8.41. The lowest BCUT2D eigenvalue weighted by Gasteiger charge is -2.06. The van der Waals surface area contributed by atoms with E-state index in [9.17, 15) is 14.9 Å². The molecule has 0 radical (unpaired) electrons. The third kappa shape index (κ3) is 2.33. The van der Waals surface area contributed by atoms with E-state index in [1.54, 1.807) is 0 Å². The molecular weight excluding hydrogens is 212 g/mol. The number of ether oxygens (including phenoxy) is 1. The van der Waals surface area contributed by atoms with Crippen LogP contribution < -0.4 is 0 Å². The lowest BCUT2D eigenvalue weighted by molar-refractivity contribution is -0.516. The first kappa shape index (κ1) is 11.7. The van der Waals surface area contributed by atoms with Gasteiger partial charge in [-0.15, -0.1) is 0 Å². The van der Waals surface area contributed by atoms with Crippen LogP contribution in [0.2, 0.25) is 0 Å². The summed E-state index contributed by atoms with van der Waals surface area (Å²) >= 11 is 0. The molecule has 0 bridgehead atoms. The van der Waals surface area contributed by atoms with Crippen molar-refractivity contribution in [2.75, 3.05) is 7.11 Å². The van der Waals surface area contributed by atoms with Crippen LogP contribution in [0.1, 0.15) is 17.2 Å². The Hall–Kier alpha value is -2.42. The molecule has 0 spiro atoms. The maximum absolute atomic E-state index is 11.2. The van der Waals surface area contributed by atoms with Crippen LogP contribution in [0.15, 0.2) is 24.3 Å². The Balaban J connectivity index is 3.08. The molecule has 1 atom stereocenters. The van der Waals surface area contributed by atoms with Gasteiger partial charge in [0, 0.05) is 10.5 Å². The van der Waals surface area contributed by atoms with Gasteiger partial charge in [0.1, 0.15) is 0 Å². The van der Waals surface area contributed by atoms with Gasteiger partial charge in [-0.1, -0.05) is 12.1 Å². The molecule has 1 unspecified atom stereocenters. The molecule has 0 aliphatic rings. The number of methoxy groups -OCH3 is 1. The quantitative estimate of drug-likeness (QED) is 0.431. The van der Waals surface area contributed by atoms with Crippen molar-refractivity contribution in [3.63, 3.8) is 0 Å². The molecule has 82 valence electrons. The summed E-state index contributed by atoms with van der Waals surface area (Å²) in [6.45, 7) is 0. The van der Waals surface area contributed by atoms with Gasteiger partial charge < -0.3 is 4.74 Å². The van der Waals surface area contributed by atoms with Crippen molar-refractivity contribution in [3.8, 4) is 6.07 Å². The van der Waals surface area contributed by atoms with E-state index < -0.39 is 16.9 Å². The number of carbonyl (C=O) groups is 1. The largest absolute Gasteiger partial charge is 0.464 e. The molecular formula is C10H8N2O4. The number of nitriles is 1. The van der Waals surface area contributed by atoms with Gasteiger partial charge in [0.25, 0.3) is 0 Å². The molecule has 6 heteroatoms. The number of hydrogen-bond donors (Lipinski definition) is 0. The van der Waals surface area contributed by atoms with Crippen LogP contribution in [0, 0.1) is 21.4 Å². The maximum Gasteiger partial charge on any atom is 0.386 e. The first-order valence-corrected chi connectivity index (χ1v) is 4.31. The smallest absolute Gasteiger partial charge is 0.386 e. The minimum atomic E-state index is -1.54. The van der Waals surface area contributed by atoms with Gasteiger partial charge in [0.15, 0.2) is 0 Å². The minimum absolute atomic E-state index is 0.191. The Labute approximate surface area is 91.2 Å². The fourth-order valence-corrected chi connectivity index (χ4v) is 1.20. The van der Waals surface area contributed by atoms with Gasteiger partial charge in [0.2, 0.25) is 0 Å². The van der Waals surface area contributed by atoms with E-state index in [-0.39, 0.29) is 5.56 Å². The summed E-state index contributed by atoms with van der Waals surface area (Å²) in [5.74, 6) is -0.935. The second kappa shape index (κ2) is 4.89. The molecule has 0 amide bonds. The molecule has 16 heavy (non-hydrogen) atoms. The first-order valence-electron chi connectivity index (χ1n) is 4.31. The van der Waals surface area contributed by atoms with Crippen LogP contribution in [-0.2, 0) is 9.53 Å². The summed E-state index contributed by atoms with van der Waals surface area (Å²) in [5.41, 5.74) is 0.562. The molecule has 1 rings (SSSR count). The van der Waals surface area contributed by atoms with Gasteiger partial charge in [0.05, 0.1) is 18.7 Å². The van der Waals surface area contributed by atoms with Crippen molar-refractivity contribution in [1.29, 1.82) is 5.26 Å². The number of hydrogen-bond acceptors (Lipinski definition) is 5. The number of esters is 1. The Morgan fingerprint density at radius 3 is 2.44 bits per heavy atom. The molecule has 0 saturated heterocycles. The Bertz CT molecular complexity index is 447. The topological polar surface area (TPSA) is 93.2 Å². The molecule has 0 aliphatic heterocycles. The van der Waals surface area contributed by atoms with Crippen LogP contribution in [0.3, 0.4) is 0 Å². The van der Waals surface area contributed by atoms with Crippen molar-refractivity contribution in [1.82, 2.24) is 0 Å². The van der Waals surface area contributed by atoms with Crippen molar-refractivity contribution < 1.29 is 14.5 Å². The second-order valence-corrected chi connectivity index (χ2v) is 2.94. The number of nitro groups is 1. The lowest BCUT2D eigenvalue weighted by atomic mass is 10.1. The Morgan fingerprint density at radius 2 is 2.06 bits per heavy atom. The standard InChI is InChI=1S/C10H8N2O4/c1-16-10(13)9(12(14)15)8-4-2-7(6-11)3-5-8/h2-5,9H,1H3. The third-order valence-electron chi connectivity index (χ3n) is 1.99. The average Bonchev–Trinajstić information content (AvgIpc) is 2.29.